The Labute approximate surface area is 279 Å². The number of nitrogens with zero attached hydrogens (tertiary/aromatic N) is 1. The molecule has 1 unspecified atom stereocenters. The van der Waals surface area contributed by atoms with E-state index in [2.05, 4.69) is 20.9 Å². The van der Waals surface area contributed by atoms with Crippen LogP contribution in [0.4, 0.5) is 11.4 Å². The summed E-state index contributed by atoms with van der Waals surface area (Å²) in [6.07, 6.45) is -1.63. The number of hydrogen-bond donors (Lipinski definition) is 8. The predicted octanol–water partition coefficient (Wildman–Crippen LogP) is 1.77. The lowest BCUT2D eigenvalue weighted by atomic mass is 10.0. The molecule has 13 nitrogen and oxygen atoms in total. The molecular formula is C35H44N6O7. The monoisotopic (exact) mass is 660 g/mol. The fourth-order valence-electron chi connectivity index (χ4n) is 6.31. The van der Waals surface area contributed by atoms with Gasteiger partial charge >= 0.3 is 0 Å². The van der Waals surface area contributed by atoms with Gasteiger partial charge in [0.2, 0.25) is 5.91 Å². The molecule has 9 N–H and O–H groups in total. The zero-order valence-electron chi connectivity index (χ0n) is 26.8. The third-order valence-corrected chi connectivity index (χ3v) is 8.76. The molecule has 0 bridgehead atoms. The molecule has 6 rings (SSSR count). The number of aliphatic hydroxyl groups is 3. The Morgan fingerprint density at radius 2 is 1.88 bits per heavy atom. The molecule has 2 aliphatic rings. The maximum Gasteiger partial charge on any atom is 0.234 e. The fourth-order valence-corrected chi connectivity index (χ4v) is 6.31. The minimum absolute atomic E-state index is 0.390. The van der Waals surface area contributed by atoms with Crippen LogP contribution >= 0.6 is 0 Å². The molecule has 1 fully saturated rings. The van der Waals surface area contributed by atoms with Gasteiger partial charge in [-0.05, 0) is 67.8 Å². The lowest BCUT2D eigenvalue weighted by molar-refractivity contribution is -0.120. The summed E-state index contributed by atoms with van der Waals surface area (Å²) in [6.45, 7) is 3.34. The number of hydrogen-bond acceptors (Lipinski definition) is 11. The largest absolute Gasteiger partial charge is 0.490 e. The van der Waals surface area contributed by atoms with Crippen molar-refractivity contribution in [2.45, 2.75) is 63.2 Å². The first-order valence-electron chi connectivity index (χ1n) is 16.3. The highest BCUT2D eigenvalue weighted by Gasteiger charge is 2.49. The number of anilines is 2. The van der Waals surface area contributed by atoms with Crippen LogP contribution in [0, 0.1) is 0 Å². The molecule has 4 aromatic rings. The van der Waals surface area contributed by atoms with Crippen LogP contribution in [-0.4, -0.2) is 89.4 Å². The zero-order chi connectivity index (χ0) is 33.6. The van der Waals surface area contributed by atoms with Gasteiger partial charge in [0, 0.05) is 23.6 Å². The van der Waals surface area contributed by atoms with Crippen LogP contribution in [0.3, 0.4) is 0 Å². The second-order valence-electron chi connectivity index (χ2n) is 12.0. The summed E-state index contributed by atoms with van der Waals surface area (Å²) in [4.78, 5) is 17.3. The third-order valence-electron chi connectivity index (χ3n) is 8.76. The summed E-state index contributed by atoms with van der Waals surface area (Å²) in [5, 5.41) is 42.1. The van der Waals surface area contributed by atoms with Crippen molar-refractivity contribution in [1.29, 1.82) is 0 Å². The molecule has 2 aliphatic heterocycles. The number of amides is 1. The molecule has 48 heavy (non-hydrogen) atoms. The van der Waals surface area contributed by atoms with E-state index >= 15 is 0 Å². The molecule has 1 saturated heterocycles. The molecule has 1 aromatic heterocycles. The van der Waals surface area contributed by atoms with E-state index < -0.39 is 49.4 Å². The van der Waals surface area contributed by atoms with Gasteiger partial charge in [-0.25, -0.2) is 0 Å². The number of H-pyrrole nitrogens is 1. The summed E-state index contributed by atoms with van der Waals surface area (Å²) in [6, 6.07) is 20.8. The van der Waals surface area contributed by atoms with Crippen molar-refractivity contribution < 1.29 is 34.3 Å². The van der Waals surface area contributed by atoms with Gasteiger partial charge < -0.3 is 55.8 Å². The Bertz CT molecular complexity index is 1680. The summed E-state index contributed by atoms with van der Waals surface area (Å²) >= 11 is 0. The number of carbonyl (C=O) groups is 1. The second-order valence-corrected chi connectivity index (χ2v) is 12.0. The van der Waals surface area contributed by atoms with E-state index in [0.717, 1.165) is 33.4 Å². The molecule has 6 atom stereocenters. The predicted molar refractivity (Wildman–Crippen MR) is 182 cm³/mol. The van der Waals surface area contributed by atoms with Crippen molar-refractivity contribution in [2.24, 2.45) is 5.73 Å². The van der Waals surface area contributed by atoms with Crippen molar-refractivity contribution >= 4 is 28.2 Å². The number of fused-ring (bicyclic) bond motifs is 2. The van der Waals surface area contributed by atoms with Crippen LogP contribution in [0.15, 0.2) is 72.9 Å². The van der Waals surface area contributed by atoms with Gasteiger partial charge in [-0.1, -0.05) is 36.4 Å². The molecule has 0 saturated carbocycles. The number of primary amides is 1. The minimum atomic E-state index is -1.22. The van der Waals surface area contributed by atoms with E-state index in [-0.39, 0.29) is 0 Å². The van der Waals surface area contributed by atoms with Crippen LogP contribution in [-0.2, 0) is 22.5 Å². The molecule has 3 aromatic carbocycles. The van der Waals surface area contributed by atoms with E-state index in [1.165, 1.54) is 0 Å². The van der Waals surface area contributed by atoms with Crippen LogP contribution in [0.2, 0.25) is 0 Å². The first-order chi connectivity index (χ1) is 23.4. The highest BCUT2D eigenvalue weighted by molar-refractivity contribution is 5.85. The van der Waals surface area contributed by atoms with Gasteiger partial charge in [0.05, 0.1) is 37.2 Å². The number of aromatic amines is 1. The maximum absolute atomic E-state index is 12.2. The van der Waals surface area contributed by atoms with Gasteiger partial charge in [-0.3, -0.25) is 10.1 Å². The van der Waals surface area contributed by atoms with Crippen LogP contribution < -0.4 is 36.1 Å². The Morgan fingerprint density at radius 1 is 1.06 bits per heavy atom. The first kappa shape index (κ1) is 33.5. The quantitative estimate of drug-likeness (QED) is 0.0819. The maximum atomic E-state index is 12.2. The Balaban J connectivity index is 1.06. The van der Waals surface area contributed by atoms with Gasteiger partial charge in [-0.2, -0.15) is 0 Å². The molecule has 0 spiro atoms. The highest BCUT2D eigenvalue weighted by Crippen LogP contribution is 2.39. The number of rotatable bonds is 16. The van der Waals surface area contributed by atoms with Crippen LogP contribution in [0.25, 0.3) is 10.9 Å². The average molecular weight is 661 g/mol. The lowest BCUT2D eigenvalue weighted by Gasteiger charge is -2.34. The lowest BCUT2D eigenvalue weighted by Crippen LogP contribution is -2.55. The number of carbonyl (C=O) groups excluding carboxylic acids is 1. The first-order valence-corrected chi connectivity index (χ1v) is 16.3. The highest BCUT2D eigenvalue weighted by atomic mass is 16.6. The molecule has 1 amide bonds. The molecule has 13 heteroatoms. The van der Waals surface area contributed by atoms with Crippen LogP contribution in [0.5, 0.6) is 11.5 Å². The second kappa shape index (κ2) is 15.2. The minimum Gasteiger partial charge on any atom is -0.490 e. The summed E-state index contributed by atoms with van der Waals surface area (Å²) < 4.78 is 17.9. The smallest absolute Gasteiger partial charge is 0.234 e. The number of nitrogens with two attached hydrogens (primary N) is 1. The topological polar surface area (TPSA) is 187 Å². The average Bonchev–Trinajstić information content (AvgIpc) is 3.76. The van der Waals surface area contributed by atoms with Gasteiger partial charge in [0.15, 0.2) is 24.0 Å². The van der Waals surface area contributed by atoms with Crippen molar-refractivity contribution in [1.82, 2.24) is 15.6 Å². The standard InChI is InChI=1S/C35H44N6O7/c1-2-46-28-13-12-21(18-39-35-40-25-10-5-6-11-27(25)41(35)34-32(44)31(43)30(20-42)48-34)16-29(28)47-15-7-14-37-26(33(36)45)17-22-19-38-24-9-4-3-8-23(22)24/h3-6,8-13,16,19,26,30-32,34-35,37-40,42-44H,2,7,14-15,17-18,20H2,1H3,(H2,36,45)/t26-,30+,31+,32+,34+,35?/m0/s1. The zero-order valence-corrected chi connectivity index (χ0v) is 26.8. The molecular weight excluding hydrogens is 616 g/mol. The SMILES string of the molecule is CCOc1ccc(CNC2Nc3ccccc3N2[C@@H]2O[C@H](CO)[C@@H](O)[C@H]2O)cc1OCCCN[C@@H](Cc1c[nH]c2ccccc12)C(N)=O. The summed E-state index contributed by atoms with van der Waals surface area (Å²) in [5.41, 5.74) is 10.4. The Kier molecular flexibility index (Phi) is 10.6. The molecule has 256 valence electrons. The van der Waals surface area contributed by atoms with E-state index in [9.17, 15) is 20.1 Å². The van der Waals surface area contributed by atoms with Gasteiger partial charge in [0.1, 0.15) is 18.3 Å². The number of aliphatic hydroxyl groups excluding tert-OH is 3. The Hall–Kier alpha value is -4.37. The number of ether oxygens (including phenoxy) is 3. The molecule has 0 aliphatic carbocycles. The normalized spacial score (nSPS) is 22.4. The molecule has 0 radical (unpaired) electrons. The van der Waals surface area contributed by atoms with Crippen LogP contribution in [0.1, 0.15) is 24.5 Å². The van der Waals surface area contributed by atoms with E-state index in [4.69, 9.17) is 19.9 Å². The summed E-state index contributed by atoms with van der Waals surface area (Å²) in [7, 11) is 0. The fraction of sp³-hybridized carbons (Fsp3) is 0.400. The van der Waals surface area contributed by atoms with Crippen molar-refractivity contribution in [3.8, 4) is 11.5 Å². The summed E-state index contributed by atoms with van der Waals surface area (Å²) in [5.74, 6) is 0.823. The number of nitrogens with one attached hydrogen (secondary N) is 4. The van der Waals surface area contributed by atoms with E-state index in [1.807, 2.05) is 84.8 Å². The van der Waals surface area contributed by atoms with Gasteiger partial charge in [-0.15, -0.1) is 0 Å². The Morgan fingerprint density at radius 3 is 2.67 bits per heavy atom. The van der Waals surface area contributed by atoms with Crippen molar-refractivity contribution in [3.05, 3.63) is 84.1 Å². The van der Waals surface area contributed by atoms with E-state index in [0.29, 0.717) is 50.6 Å². The molecule has 3 heterocycles. The third kappa shape index (κ3) is 7.21. The van der Waals surface area contributed by atoms with E-state index in [1.54, 1.807) is 0 Å². The number of benzene rings is 3. The number of para-hydroxylation sites is 3. The van der Waals surface area contributed by atoms with Crippen molar-refractivity contribution in [3.63, 3.8) is 0 Å². The number of aromatic nitrogens is 1. The van der Waals surface area contributed by atoms with Crippen molar-refractivity contribution in [2.75, 3.05) is 36.6 Å². The van der Waals surface area contributed by atoms with Gasteiger partial charge in [0.25, 0.3) is 0 Å².